The molecule has 12 heavy (non-hydrogen) atoms. The number of hydrogen-bond donors (Lipinski definition) is 1. The van der Waals surface area contributed by atoms with Gasteiger partial charge in [-0.05, 0) is 6.08 Å². The number of methoxy groups -OCH3 is 2. The molecular formula is C9H15NO2. The predicted molar refractivity (Wildman–Crippen MR) is 47.9 cm³/mol. The van der Waals surface area contributed by atoms with Crippen LogP contribution >= 0.6 is 0 Å². The van der Waals surface area contributed by atoms with Gasteiger partial charge in [0.05, 0.1) is 0 Å². The SMILES string of the molecule is COC1C=CC=CC1(CN)OC. The van der Waals surface area contributed by atoms with E-state index in [9.17, 15) is 0 Å². The van der Waals surface area contributed by atoms with Crippen molar-refractivity contribution in [2.75, 3.05) is 20.8 Å². The third-order valence-corrected chi connectivity index (χ3v) is 2.21. The smallest absolute Gasteiger partial charge is 0.128 e. The topological polar surface area (TPSA) is 44.5 Å². The summed E-state index contributed by atoms with van der Waals surface area (Å²) in [6.07, 6.45) is 7.64. The molecule has 0 amide bonds. The molecule has 0 aromatic carbocycles. The van der Waals surface area contributed by atoms with E-state index in [0.29, 0.717) is 6.54 Å². The molecule has 3 heteroatoms. The largest absolute Gasteiger partial charge is 0.374 e. The first-order valence-corrected chi connectivity index (χ1v) is 3.93. The van der Waals surface area contributed by atoms with Crippen LogP contribution in [0.15, 0.2) is 24.3 Å². The van der Waals surface area contributed by atoms with E-state index < -0.39 is 5.60 Å². The molecule has 0 aromatic rings. The average Bonchev–Trinajstić information content (AvgIpc) is 2.17. The van der Waals surface area contributed by atoms with Gasteiger partial charge in [0.1, 0.15) is 11.7 Å². The lowest BCUT2D eigenvalue weighted by atomic mass is 9.92. The van der Waals surface area contributed by atoms with E-state index in [2.05, 4.69) is 0 Å². The van der Waals surface area contributed by atoms with Gasteiger partial charge in [-0.2, -0.15) is 0 Å². The number of allylic oxidation sites excluding steroid dienone is 2. The summed E-state index contributed by atoms with van der Waals surface area (Å²) in [5, 5.41) is 0. The molecule has 1 rings (SSSR count). The molecule has 0 saturated heterocycles. The van der Waals surface area contributed by atoms with Crippen LogP contribution in [-0.4, -0.2) is 32.5 Å². The van der Waals surface area contributed by atoms with Gasteiger partial charge in [0.25, 0.3) is 0 Å². The minimum Gasteiger partial charge on any atom is -0.374 e. The molecular weight excluding hydrogens is 154 g/mol. The fraction of sp³-hybridized carbons (Fsp3) is 0.556. The van der Waals surface area contributed by atoms with Gasteiger partial charge in [0, 0.05) is 20.8 Å². The van der Waals surface area contributed by atoms with Crippen molar-refractivity contribution in [2.45, 2.75) is 11.7 Å². The normalized spacial score (nSPS) is 34.1. The summed E-state index contributed by atoms with van der Waals surface area (Å²) < 4.78 is 10.6. The van der Waals surface area contributed by atoms with Crippen LogP contribution in [-0.2, 0) is 9.47 Å². The number of hydrogen-bond acceptors (Lipinski definition) is 3. The number of ether oxygens (including phenoxy) is 2. The fourth-order valence-electron chi connectivity index (χ4n) is 1.37. The summed E-state index contributed by atoms with van der Waals surface area (Å²) >= 11 is 0. The summed E-state index contributed by atoms with van der Waals surface area (Å²) in [4.78, 5) is 0. The molecule has 1 aliphatic carbocycles. The van der Waals surface area contributed by atoms with Gasteiger partial charge in [-0.3, -0.25) is 0 Å². The highest BCUT2D eigenvalue weighted by Crippen LogP contribution is 2.22. The molecule has 3 nitrogen and oxygen atoms in total. The molecule has 0 saturated carbocycles. The lowest BCUT2D eigenvalue weighted by Crippen LogP contribution is -2.49. The maximum atomic E-state index is 5.62. The second-order valence-corrected chi connectivity index (χ2v) is 2.76. The highest BCUT2D eigenvalue weighted by molar-refractivity contribution is 5.24. The second kappa shape index (κ2) is 3.85. The monoisotopic (exact) mass is 169 g/mol. The van der Waals surface area contributed by atoms with Gasteiger partial charge < -0.3 is 15.2 Å². The summed E-state index contributed by atoms with van der Waals surface area (Å²) in [5.74, 6) is 0. The van der Waals surface area contributed by atoms with Gasteiger partial charge in [0.15, 0.2) is 0 Å². The molecule has 0 heterocycles. The molecule has 0 fully saturated rings. The molecule has 1 aliphatic rings. The van der Waals surface area contributed by atoms with Gasteiger partial charge >= 0.3 is 0 Å². The highest BCUT2D eigenvalue weighted by Gasteiger charge is 2.35. The Morgan fingerprint density at radius 2 is 2.17 bits per heavy atom. The van der Waals surface area contributed by atoms with Crippen molar-refractivity contribution in [3.8, 4) is 0 Å². The Kier molecular flexibility index (Phi) is 3.03. The zero-order valence-electron chi connectivity index (χ0n) is 7.49. The first-order valence-electron chi connectivity index (χ1n) is 3.93. The Morgan fingerprint density at radius 3 is 2.58 bits per heavy atom. The van der Waals surface area contributed by atoms with Crippen LogP contribution in [0.5, 0.6) is 0 Å². The Bertz CT molecular complexity index is 195. The predicted octanol–water partition coefficient (Wildman–Crippen LogP) is 0.471. The number of nitrogens with two attached hydrogens (primary N) is 1. The molecule has 0 aromatic heterocycles. The maximum absolute atomic E-state index is 5.62. The molecule has 2 unspecified atom stereocenters. The lowest BCUT2D eigenvalue weighted by molar-refractivity contribution is -0.0601. The molecule has 2 atom stereocenters. The standard InChI is InChI=1S/C9H15NO2/c1-11-8-5-3-4-6-9(8,7-10)12-2/h3-6,8H,7,10H2,1-2H3. The van der Waals surface area contributed by atoms with Crippen LogP contribution in [0.2, 0.25) is 0 Å². The Hall–Kier alpha value is -0.640. The van der Waals surface area contributed by atoms with Gasteiger partial charge in [-0.15, -0.1) is 0 Å². The van der Waals surface area contributed by atoms with E-state index in [-0.39, 0.29) is 6.10 Å². The van der Waals surface area contributed by atoms with Crippen LogP contribution < -0.4 is 5.73 Å². The summed E-state index contributed by atoms with van der Waals surface area (Å²) in [5.41, 5.74) is 5.14. The maximum Gasteiger partial charge on any atom is 0.128 e. The van der Waals surface area contributed by atoms with Crippen molar-refractivity contribution in [2.24, 2.45) is 5.73 Å². The third kappa shape index (κ3) is 1.43. The van der Waals surface area contributed by atoms with E-state index in [1.54, 1.807) is 14.2 Å². The van der Waals surface area contributed by atoms with Crippen LogP contribution in [0.3, 0.4) is 0 Å². The van der Waals surface area contributed by atoms with Crippen LogP contribution in [0.4, 0.5) is 0 Å². The van der Waals surface area contributed by atoms with Crippen molar-refractivity contribution in [1.82, 2.24) is 0 Å². The quantitative estimate of drug-likeness (QED) is 0.668. The third-order valence-electron chi connectivity index (χ3n) is 2.21. The van der Waals surface area contributed by atoms with E-state index in [0.717, 1.165) is 0 Å². The van der Waals surface area contributed by atoms with E-state index in [1.165, 1.54) is 0 Å². The molecule has 2 N–H and O–H groups in total. The second-order valence-electron chi connectivity index (χ2n) is 2.76. The van der Waals surface area contributed by atoms with Crippen molar-refractivity contribution in [3.63, 3.8) is 0 Å². The van der Waals surface area contributed by atoms with Crippen LogP contribution in [0, 0.1) is 0 Å². The highest BCUT2D eigenvalue weighted by atomic mass is 16.5. The molecule has 68 valence electrons. The van der Waals surface area contributed by atoms with E-state index in [4.69, 9.17) is 15.2 Å². The first kappa shape index (κ1) is 9.45. The lowest BCUT2D eigenvalue weighted by Gasteiger charge is -2.35. The van der Waals surface area contributed by atoms with Crippen LogP contribution in [0.25, 0.3) is 0 Å². The Balaban J connectivity index is 2.84. The van der Waals surface area contributed by atoms with Crippen molar-refractivity contribution in [3.05, 3.63) is 24.3 Å². The summed E-state index contributed by atoms with van der Waals surface area (Å²) in [6.45, 7) is 0.419. The van der Waals surface area contributed by atoms with Gasteiger partial charge in [0.2, 0.25) is 0 Å². The van der Waals surface area contributed by atoms with Crippen molar-refractivity contribution in [1.29, 1.82) is 0 Å². The molecule has 0 radical (unpaired) electrons. The Labute approximate surface area is 72.8 Å². The summed E-state index contributed by atoms with van der Waals surface area (Å²) in [6, 6.07) is 0. The molecule has 0 bridgehead atoms. The number of rotatable bonds is 3. The van der Waals surface area contributed by atoms with Gasteiger partial charge in [-0.25, -0.2) is 0 Å². The average molecular weight is 169 g/mol. The summed E-state index contributed by atoms with van der Waals surface area (Å²) in [7, 11) is 3.29. The fourth-order valence-corrected chi connectivity index (χ4v) is 1.37. The zero-order valence-corrected chi connectivity index (χ0v) is 7.49. The van der Waals surface area contributed by atoms with Crippen molar-refractivity contribution < 1.29 is 9.47 Å². The first-order chi connectivity index (χ1) is 5.79. The zero-order chi connectivity index (χ0) is 9.03. The van der Waals surface area contributed by atoms with E-state index >= 15 is 0 Å². The van der Waals surface area contributed by atoms with Crippen LogP contribution in [0.1, 0.15) is 0 Å². The Morgan fingerprint density at radius 1 is 1.42 bits per heavy atom. The van der Waals surface area contributed by atoms with E-state index in [1.807, 2.05) is 24.3 Å². The minimum atomic E-state index is -0.483. The van der Waals surface area contributed by atoms with Crippen molar-refractivity contribution >= 4 is 0 Å². The molecule has 0 spiro atoms. The van der Waals surface area contributed by atoms with Gasteiger partial charge in [-0.1, -0.05) is 18.2 Å². The minimum absolute atomic E-state index is 0.0856. The molecule has 0 aliphatic heterocycles.